The second-order valence-corrected chi connectivity index (χ2v) is 5.73. The number of anilines is 1. The predicted molar refractivity (Wildman–Crippen MR) is 96.6 cm³/mol. The average Bonchev–Trinajstić information content (AvgIpc) is 2.62. The Kier molecular flexibility index (Phi) is 6.57. The van der Waals surface area contributed by atoms with Crippen LogP contribution in [0.3, 0.4) is 0 Å². The summed E-state index contributed by atoms with van der Waals surface area (Å²) >= 11 is 5.86. The first-order valence-corrected chi connectivity index (χ1v) is 8.00. The van der Waals surface area contributed by atoms with Crippen LogP contribution in [0, 0.1) is 0 Å². The Balaban J connectivity index is 2.01. The second kappa shape index (κ2) is 8.87. The van der Waals surface area contributed by atoms with Crippen molar-refractivity contribution in [3.63, 3.8) is 0 Å². The molecule has 2 aromatic rings. The van der Waals surface area contributed by atoms with Crippen LogP contribution < -0.4 is 10.6 Å². The van der Waals surface area contributed by atoms with E-state index in [1.165, 1.54) is 25.3 Å². The number of esters is 1. The molecule has 0 heterocycles. The van der Waals surface area contributed by atoms with Gasteiger partial charge in [0.2, 0.25) is 0 Å². The zero-order chi connectivity index (χ0) is 19.1. The van der Waals surface area contributed by atoms with Crippen molar-refractivity contribution in [2.75, 3.05) is 19.0 Å². The molecule has 0 saturated heterocycles. The minimum atomic E-state index is -1.16. The molecule has 0 unspecified atom stereocenters. The van der Waals surface area contributed by atoms with E-state index in [9.17, 15) is 14.4 Å². The standard InChI is InChI=1S/C18H17ClN2O5/c1-26-17(24)14(11-5-3-2-4-6-11)10-20-18(25)21-12-7-8-13(16(22)23)15(19)9-12/h2-9,14H,10H2,1H3,(H,22,23)(H2,20,21,25)/t14-/m1/s1. The SMILES string of the molecule is COC(=O)[C@H](CNC(=O)Nc1ccc(C(=O)O)c(Cl)c1)c1ccccc1. The average molecular weight is 377 g/mol. The van der Waals surface area contributed by atoms with Crippen molar-refractivity contribution >= 4 is 35.3 Å². The summed E-state index contributed by atoms with van der Waals surface area (Å²) in [4.78, 5) is 34.9. The number of carboxylic acids is 1. The molecule has 2 amide bonds. The van der Waals surface area contributed by atoms with E-state index in [4.69, 9.17) is 21.4 Å². The first-order chi connectivity index (χ1) is 12.4. The summed E-state index contributed by atoms with van der Waals surface area (Å²) in [5, 5.41) is 14.1. The zero-order valence-electron chi connectivity index (χ0n) is 13.9. The maximum atomic E-state index is 12.1. The number of rotatable bonds is 6. The first-order valence-electron chi connectivity index (χ1n) is 7.63. The smallest absolute Gasteiger partial charge is 0.337 e. The number of methoxy groups -OCH3 is 1. The lowest BCUT2D eigenvalue weighted by Crippen LogP contribution is -2.35. The third kappa shape index (κ3) is 4.97. The van der Waals surface area contributed by atoms with Crippen molar-refractivity contribution in [3.05, 3.63) is 64.7 Å². The number of nitrogens with one attached hydrogen (secondary N) is 2. The van der Waals surface area contributed by atoms with Crippen LogP contribution in [0.25, 0.3) is 0 Å². The van der Waals surface area contributed by atoms with Gasteiger partial charge in [0.25, 0.3) is 0 Å². The molecule has 0 saturated carbocycles. The molecule has 0 bridgehead atoms. The van der Waals surface area contributed by atoms with Gasteiger partial charge in [-0.05, 0) is 23.8 Å². The summed E-state index contributed by atoms with van der Waals surface area (Å²) in [6, 6.07) is 12.4. The molecule has 0 radical (unpaired) electrons. The number of hydrogen-bond acceptors (Lipinski definition) is 4. The Hall–Kier alpha value is -3.06. The molecule has 136 valence electrons. The number of carboxylic acid groups (broad SMARTS) is 1. The Labute approximate surface area is 154 Å². The maximum Gasteiger partial charge on any atom is 0.337 e. The number of urea groups is 1. The molecule has 0 fully saturated rings. The van der Waals surface area contributed by atoms with Crippen LogP contribution in [0.4, 0.5) is 10.5 Å². The highest BCUT2D eigenvalue weighted by Gasteiger charge is 2.22. The number of hydrogen-bond donors (Lipinski definition) is 3. The Morgan fingerprint density at radius 2 is 1.85 bits per heavy atom. The molecule has 0 aliphatic heterocycles. The zero-order valence-corrected chi connectivity index (χ0v) is 14.6. The number of ether oxygens (including phenoxy) is 1. The van der Waals surface area contributed by atoms with Crippen LogP contribution in [-0.2, 0) is 9.53 Å². The van der Waals surface area contributed by atoms with Crippen molar-refractivity contribution in [2.45, 2.75) is 5.92 Å². The van der Waals surface area contributed by atoms with E-state index in [-0.39, 0.29) is 17.1 Å². The summed E-state index contributed by atoms with van der Waals surface area (Å²) in [6.07, 6.45) is 0. The predicted octanol–water partition coefficient (Wildman–Crippen LogP) is 3.12. The minimum absolute atomic E-state index is 0.00650. The fraction of sp³-hybridized carbons (Fsp3) is 0.167. The van der Waals surface area contributed by atoms with Gasteiger partial charge in [-0.2, -0.15) is 0 Å². The van der Waals surface area contributed by atoms with Gasteiger partial charge in [0.15, 0.2) is 0 Å². The number of aromatic carboxylic acids is 1. The van der Waals surface area contributed by atoms with Gasteiger partial charge in [0.05, 0.1) is 23.6 Å². The quantitative estimate of drug-likeness (QED) is 0.672. The fourth-order valence-corrected chi connectivity index (χ4v) is 2.56. The number of carbonyl (C=O) groups excluding carboxylic acids is 2. The maximum absolute atomic E-state index is 12.1. The highest BCUT2D eigenvalue weighted by Crippen LogP contribution is 2.21. The number of halogens is 1. The van der Waals surface area contributed by atoms with Crippen molar-refractivity contribution in [2.24, 2.45) is 0 Å². The number of benzene rings is 2. The molecule has 8 heteroatoms. The summed E-state index contributed by atoms with van der Waals surface area (Å²) in [5.74, 6) is -2.27. The lowest BCUT2D eigenvalue weighted by molar-refractivity contribution is -0.142. The van der Waals surface area contributed by atoms with Crippen LogP contribution in [-0.4, -0.2) is 36.7 Å². The second-order valence-electron chi connectivity index (χ2n) is 5.32. The van der Waals surface area contributed by atoms with Crippen LogP contribution in [0.15, 0.2) is 48.5 Å². The van der Waals surface area contributed by atoms with Crippen LogP contribution in [0.1, 0.15) is 21.8 Å². The summed E-state index contributed by atoms with van der Waals surface area (Å²) in [6.45, 7) is 0.0312. The molecule has 0 aromatic heterocycles. The van der Waals surface area contributed by atoms with Gasteiger partial charge in [-0.3, -0.25) is 4.79 Å². The Bertz CT molecular complexity index is 810. The normalized spacial score (nSPS) is 11.3. The fourth-order valence-electron chi connectivity index (χ4n) is 2.30. The lowest BCUT2D eigenvalue weighted by Gasteiger charge is -2.16. The van der Waals surface area contributed by atoms with Gasteiger partial charge in [-0.25, -0.2) is 9.59 Å². The van der Waals surface area contributed by atoms with Gasteiger partial charge < -0.3 is 20.5 Å². The van der Waals surface area contributed by atoms with Gasteiger partial charge in [0, 0.05) is 12.2 Å². The highest BCUT2D eigenvalue weighted by atomic mass is 35.5. The van der Waals surface area contributed by atoms with Gasteiger partial charge in [-0.15, -0.1) is 0 Å². The molecule has 0 spiro atoms. The summed E-state index contributed by atoms with van der Waals surface area (Å²) in [5.41, 5.74) is 0.979. The molecule has 1 atom stereocenters. The first kappa shape index (κ1) is 19.3. The van der Waals surface area contributed by atoms with Gasteiger partial charge in [0.1, 0.15) is 0 Å². The van der Waals surface area contributed by atoms with E-state index >= 15 is 0 Å². The van der Waals surface area contributed by atoms with Gasteiger partial charge >= 0.3 is 18.0 Å². The van der Waals surface area contributed by atoms with E-state index in [0.29, 0.717) is 11.3 Å². The topological polar surface area (TPSA) is 105 Å². The number of amides is 2. The van der Waals surface area contributed by atoms with E-state index in [2.05, 4.69) is 10.6 Å². The third-order valence-electron chi connectivity index (χ3n) is 3.61. The van der Waals surface area contributed by atoms with Crippen molar-refractivity contribution in [3.8, 4) is 0 Å². The van der Waals surface area contributed by atoms with E-state index in [0.717, 1.165) is 0 Å². The summed E-state index contributed by atoms with van der Waals surface area (Å²) < 4.78 is 4.78. The molecule has 7 nitrogen and oxygen atoms in total. The van der Waals surface area contributed by atoms with Crippen molar-refractivity contribution in [1.82, 2.24) is 5.32 Å². The molecule has 0 aliphatic carbocycles. The molecular formula is C18H17ClN2O5. The van der Waals surface area contributed by atoms with Crippen LogP contribution in [0.5, 0.6) is 0 Å². The van der Waals surface area contributed by atoms with Crippen LogP contribution >= 0.6 is 11.6 Å². The number of carbonyl (C=O) groups is 3. The Morgan fingerprint density at radius 1 is 1.15 bits per heavy atom. The molecule has 0 aliphatic rings. The molecular weight excluding hydrogens is 360 g/mol. The molecule has 2 aromatic carbocycles. The monoisotopic (exact) mass is 376 g/mol. The lowest BCUT2D eigenvalue weighted by atomic mass is 9.99. The molecule has 3 N–H and O–H groups in total. The van der Waals surface area contributed by atoms with E-state index < -0.39 is 23.9 Å². The summed E-state index contributed by atoms with van der Waals surface area (Å²) in [7, 11) is 1.28. The minimum Gasteiger partial charge on any atom is -0.478 e. The molecule has 26 heavy (non-hydrogen) atoms. The van der Waals surface area contributed by atoms with Gasteiger partial charge in [-0.1, -0.05) is 41.9 Å². The molecule has 2 rings (SSSR count). The van der Waals surface area contributed by atoms with Crippen LogP contribution in [0.2, 0.25) is 5.02 Å². The van der Waals surface area contributed by atoms with E-state index in [1.807, 2.05) is 6.07 Å². The highest BCUT2D eigenvalue weighted by molar-refractivity contribution is 6.33. The van der Waals surface area contributed by atoms with Crippen molar-refractivity contribution < 1.29 is 24.2 Å². The largest absolute Gasteiger partial charge is 0.478 e. The third-order valence-corrected chi connectivity index (χ3v) is 3.92. The van der Waals surface area contributed by atoms with E-state index in [1.54, 1.807) is 24.3 Å². The Morgan fingerprint density at radius 3 is 2.42 bits per heavy atom. The van der Waals surface area contributed by atoms with Crippen molar-refractivity contribution in [1.29, 1.82) is 0 Å².